The van der Waals surface area contributed by atoms with Crippen LogP contribution in [0.4, 0.5) is 17.5 Å². The van der Waals surface area contributed by atoms with Gasteiger partial charge >= 0.3 is 0 Å². The van der Waals surface area contributed by atoms with Crippen molar-refractivity contribution < 1.29 is 18.3 Å². The van der Waals surface area contributed by atoms with Gasteiger partial charge in [0.2, 0.25) is 16.0 Å². The monoisotopic (exact) mass is 680 g/mol. The molecule has 49 heavy (non-hydrogen) atoms. The highest BCUT2D eigenvalue weighted by molar-refractivity contribution is 7.89. The van der Waals surface area contributed by atoms with Gasteiger partial charge in [-0.3, -0.25) is 9.78 Å². The summed E-state index contributed by atoms with van der Waals surface area (Å²) in [7, 11) is -3.74. The lowest BCUT2D eigenvalue weighted by Crippen LogP contribution is -2.40. The second kappa shape index (κ2) is 14.3. The standard InChI is InChI=1S/C36H40N8O4S/c1-36(2,3)44-49(47,48)30-16-17-32(38-21-30)31-22-39-35(43-33(31)40-25-12-14-29(45)15-13-25)42-27-7-4-23(5-8-27)6-9-28-20-24(18-19-37-28)34(46)41-26-10-11-26/h4-5,7-8,16-22,25-26,29,44-45H,10-15H2,1-3H3,(H,41,46)(H2,39,40,42,43). The largest absolute Gasteiger partial charge is 0.393 e. The smallest absolute Gasteiger partial charge is 0.251 e. The highest BCUT2D eigenvalue weighted by atomic mass is 32.2. The molecule has 0 saturated heterocycles. The van der Waals surface area contributed by atoms with Crippen LogP contribution in [-0.2, 0) is 10.0 Å². The van der Waals surface area contributed by atoms with E-state index in [2.05, 4.69) is 47.5 Å². The van der Waals surface area contributed by atoms with Gasteiger partial charge in [-0.05, 0) is 114 Å². The Balaban J connectivity index is 1.18. The van der Waals surface area contributed by atoms with E-state index in [0.29, 0.717) is 47.1 Å². The number of aromatic nitrogens is 4. The van der Waals surface area contributed by atoms with Crippen LogP contribution in [0.1, 0.15) is 80.9 Å². The second-order valence-electron chi connectivity index (χ2n) is 13.5. The van der Waals surface area contributed by atoms with E-state index in [1.54, 1.807) is 51.4 Å². The zero-order valence-corrected chi connectivity index (χ0v) is 28.5. The number of carbonyl (C=O) groups is 1. The summed E-state index contributed by atoms with van der Waals surface area (Å²) in [5.74, 6) is 6.94. The van der Waals surface area contributed by atoms with Gasteiger partial charge < -0.3 is 21.1 Å². The molecule has 0 spiro atoms. The van der Waals surface area contributed by atoms with Crippen molar-refractivity contribution in [2.45, 2.75) is 87.9 Å². The summed E-state index contributed by atoms with van der Waals surface area (Å²) in [5, 5.41) is 19.7. The molecule has 1 amide bonds. The van der Waals surface area contributed by atoms with Gasteiger partial charge in [-0.15, -0.1) is 0 Å². The topological polar surface area (TPSA) is 171 Å². The maximum Gasteiger partial charge on any atom is 0.251 e. The number of aliphatic hydroxyl groups is 1. The van der Waals surface area contributed by atoms with Crippen molar-refractivity contribution >= 4 is 33.4 Å². The number of carbonyl (C=O) groups excluding carboxylic acids is 1. The van der Waals surface area contributed by atoms with Crippen LogP contribution < -0.4 is 20.7 Å². The number of rotatable bonds is 9. The predicted molar refractivity (Wildman–Crippen MR) is 188 cm³/mol. The van der Waals surface area contributed by atoms with Crippen LogP contribution in [0.25, 0.3) is 11.3 Å². The van der Waals surface area contributed by atoms with Gasteiger partial charge in [0.05, 0.1) is 17.4 Å². The third-order valence-electron chi connectivity index (χ3n) is 8.00. The van der Waals surface area contributed by atoms with Crippen LogP contribution in [0, 0.1) is 11.8 Å². The number of nitrogens with one attached hydrogen (secondary N) is 4. The summed E-state index contributed by atoms with van der Waals surface area (Å²) in [6.07, 6.45) is 9.28. The van der Waals surface area contributed by atoms with Crippen molar-refractivity contribution in [1.29, 1.82) is 0 Å². The first kappa shape index (κ1) is 34.0. The zero-order chi connectivity index (χ0) is 34.6. The van der Waals surface area contributed by atoms with E-state index >= 15 is 0 Å². The van der Waals surface area contributed by atoms with E-state index in [9.17, 15) is 18.3 Å². The molecule has 2 aliphatic rings. The van der Waals surface area contributed by atoms with Gasteiger partial charge in [-0.25, -0.2) is 23.1 Å². The van der Waals surface area contributed by atoms with Gasteiger partial charge in [0.15, 0.2) is 0 Å². The molecule has 12 nitrogen and oxygen atoms in total. The Hall–Kier alpha value is -4.90. The summed E-state index contributed by atoms with van der Waals surface area (Å²) in [4.78, 5) is 30.5. The molecule has 1 aromatic carbocycles. The molecular weight excluding hydrogens is 641 g/mol. The van der Waals surface area contributed by atoms with Gasteiger partial charge in [0.25, 0.3) is 5.91 Å². The molecular formula is C36H40N8O4S. The van der Waals surface area contributed by atoms with Crippen LogP contribution in [-0.4, -0.2) is 63.1 Å². The molecule has 0 bridgehead atoms. The second-order valence-corrected chi connectivity index (χ2v) is 15.2. The quantitative estimate of drug-likeness (QED) is 0.155. The highest BCUT2D eigenvalue weighted by Gasteiger charge is 2.25. The number of anilines is 3. The van der Waals surface area contributed by atoms with Crippen molar-refractivity contribution in [3.63, 3.8) is 0 Å². The molecule has 2 fully saturated rings. The number of aliphatic hydroxyl groups excluding tert-OH is 1. The average Bonchev–Trinajstić information content (AvgIpc) is 3.89. The van der Waals surface area contributed by atoms with Crippen molar-refractivity contribution in [1.82, 2.24) is 30.0 Å². The maximum atomic E-state index is 12.8. The average molecular weight is 681 g/mol. The van der Waals surface area contributed by atoms with Crippen LogP contribution in [0.3, 0.4) is 0 Å². The molecule has 4 aromatic rings. The van der Waals surface area contributed by atoms with Crippen LogP contribution in [0.2, 0.25) is 0 Å². The maximum absolute atomic E-state index is 12.8. The van der Waals surface area contributed by atoms with Gasteiger partial charge in [-0.1, -0.05) is 5.92 Å². The van der Waals surface area contributed by atoms with Crippen molar-refractivity contribution in [2.75, 3.05) is 10.6 Å². The Morgan fingerprint density at radius 2 is 1.61 bits per heavy atom. The number of amides is 1. The number of sulfonamides is 1. The first-order valence-corrected chi connectivity index (χ1v) is 17.9. The summed E-state index contributed by atoms with van der Waals surface area (Å²) < 4.78 is 28.3. The Labute approximate surface area is 286 Å². The Bertz CT molecular complexity index is 1970. The third-order valence-corrected chi connectivity index (χ3v) is 9.74. The van der Waals surface area contributed by atoms with Gasteiger partial charge in [0, 0.05) is 53.0 Å². The Morgan fingerprint density at radius 3 is 2.29 bits per heavy atom. The fourth-order valence-corrected chi connectivity index (χ4v) is 6.72. The molecule has 3 aromatic heterocycles. The fraction of sp³-hybridized carbons (Fsp3) is 0.361. The first-order chi connectivity index (χ1) is 23.4. The molecule has 0 atom stereocenters. The minimum absolute atomic E-state index is 0.0651. The molecule has 5 N–H and O–H groups in total. The number of hydrogen-bond acceptors (Lipinski definition) is 10. The van der Waals surface area contributed by atoms with Crippen LogP contribution in [0.5, 0.6) is 0 Å². The highest BCUT2D eigenvalue weighted by Crippen LogP contribution is 2.30. The molecule has 2 saturated carbocycles. The van der Waals surface area contributed by atoms with Crippen LogP contribution in [0.15, 0.2) is 72.0 Å². The van der Waals surface area contributed by atoms with E-state index in [4.69, 9.17) is 4.98 Å². The summed E-state index contributed by atoms with van der Waals surface area (Å²) in [5.41, 5.74) is 3.09. The summed E-state index contributed by atoms with van der Waals surface area (Å²) in [6.45, 7) is 5.34. The van der Waals surface area contributed by atoms with E-state index in [0.717, 1.165) is 36.9 Å². The Morgan fingerprint density at radius 1 is 0.878 bits per heavy atom. The third kappa shape index (κ3) is 9.38. The van der Waals surface area contributed by atoms with Gasteiger partial charge in [-0.2, -0.15) is 4.98 Å². The SMILES string of the molecule is CC(C)(C)NS(=O)(=O)c1ccc(-c2cnc(Nc3ccc(C#Cc4cc(C(=O)NC5CC5)ccn4)cc3)nc2NC2CCC(O)CC2)nc1. The van der Waals surface area contributed by atoms with Crippen molar-refractivity contribution in [3.8, 4) is 23.1 Å². The van der Waals surface area contributed by atoms with E-state index in [1.807, 2.05) is 24.3 Å². The van der Waals surface area contributed by atoms with Crippen molar-refractivity contribution in [3.05, 3.63) is 83.9 Å². The summed E-state index contributed by atoms with van der Waals surface area (Å²) in [6, 6.07) is 14.4. The number of hydrogen-bond donors (Lipinski definition) is 5. The minimum atomic E-state index is -3.74. The predicted octanol–water partition coefficient (Wildman–Crippen LogP) is 4.76. The Kier molecular flexibility index (Phi) is 9.91. The van der Waals surface area contributed by atoms with Gasteiger partial charge in [0.1, 0.15) is 16.4 Å². The molecule has 6 rings (SSSR count). The lowest BCUT2D eigenvalue weighted by Gasteiger charge is -2.27. The fourth-order valence-electron chi connectivity index (χ4n) is 5.35. The molecule has 13 heteroatoms. The van der Waals surface area contributed by atoms with Crippen molar-refractivity contribution in [2.24, 2.45) is 0 Å². The summed E-state index contributed by atoms with van der Waals surface area (Å²) >= 11 is 0. The lowest BCUT2D eigenvalue weighted by atomic mass is 9.93. The number of benzene rings is 1. The van der Waals surface area contributed by atoms with E-state index < -0.39 is 15.6 Å². The molecule has 0 aliphatic heterocycles. The number of nitrogens with zero attached hydrogens (tertiary/aromatic N) is 4. The molecule has 2 aliphatic carbocycles. The number of pyridine rings is 2. The molecule has 0 unspecified atom stereocenters. The first-order valence-electron chi connectivity index (χ1n) is 16.4. The molecule has 0 radical (unpaired) electrons. The molecule has 254 valence electrons. The van der Waals surface area contributed by atoms with E-state index in [-0.39, 0.29) is 29.0 Å². The molecule has 3 heterocycles. The van der Waals surface area contributed by atoms with Crippen LogP contribution >= 0.6 is 0 Å². The lowest BCUT2D eigenvalue weighted by molar-refractivity contribution is 0.0951. The minimum Gasteiger partial charge on any atom is -0.393 e. The zero-order valence-electron chi connectivity index (χ0n) is 27.7. The van der Waals surface area contributed by atoms with E-state index in [1.165, 1.54) is 12.3 Å². The normalized spacial score (nSPS) is 17.8.